The number of rotatable bonds is 5. The second-order valence-electron chi connectivity index (χ2n) is 5.89. The summed E-state index contributed by atoms with van der Waals surface area (Å²) in [6.45, 7) is 1.13. The van der Waals surface area contributed by atoms with Crippen LogP contribution in [0, 0.1) is 0 Å². The normalized spacial score (nSPS) is 13.8. The van der Waals surface area contributed by atoms with E-state index in [1.54, 1.807) is 0 Å². The zero-order chi connectivity index (χ0) is 19.8. The number of halogens is 3. The molecule has 0 saturated heterocycles. The van der Waals surface area contributed by atoms with Gasteiger partial charge in [-0.2, -0.15) is 13.2 Å². The molecule has 7 nitrogen and oxygen atoms in total. The first-order chi connectivity index (χ1) is 12.6. The van der Waals surface area contributed by atoms with Crippen molar-refractivity contribution in [1.29, 1.82) is 0 Å². The van der Waals surface area contributed by atoms with E-state index in [2.05, 4.69) is 19.7 Å². The minimum atomic E-state index is -4.54. The highest BCUT2D eigenvalue weighted by molar-refractivity contribution is 7.89. The second-order valence-corrected chi connectivity index (χ2v) is 7.60. The van der Waals surface area contributed by atoms with Crippen LogP contribution >= 0.6 is 0 Å². The number of nitrogens with one attached hydrogen (secondary N) is 2. The lowest BCUT2D eigenvalue weighted by Crippen LogP contribution is -2.35. The van der Waals surface area contributed by atoms with Crippen molar-refractivity contribution in [2.45, 2.75) is 24.0 Å². The Bertz CT molecular complexity index is 1060. The van der Waals surface area contributed by atoms with Crippen LogP contribution in [0.3, 0.4) is 0 Å². The van der Waals surface area contributed by atoms with Crippen LogP contribution in [0.5, 0.6) is 0 Å². The summed E-state index contributed by atoms with van der Waals surface area (Å²) >= 11 is 0. The minimum absolute atomic E-state index is 0.0526. The maximum absolute atomic E-state index is 12.9. The van der Waals surface area contributed by atoms with Crippen molar-refractivity contribution in [2.24, 2.45) is 0 Å². The van der Waals surface area contributed by atoms with Gasteiger partial charge in [-0.15, -0.1) is 0 Å². The maximum atomic E-state index is 12.9. The molecule has 3 heterocycles. The lowest BCUT2D eigenvalue weighted by atomic mass is 10.1. The summed E-state index contributed by atoms with van der Waals surface area (Å²) in [5.41, 5.74) is -0.202. The van der Waals surface area contributed by atoms with E-state index in [-0.39, 0.29) is 22.5 Å². The highest BCUT2D eigenvalue weighted by Gasteiger charge is 2.33. The van der Waals surface area contributed by atoms with Crippen LogP contribution in [0.25, 0.3) is 22.3 Å². The number of aliphatic hydroxyl groups is 1. The van der Waals surface area contributed by atoms with Gasteiger partial charge in [0, 0.05) is 29.4 Å². The molecule has 11 heteroatoms. The highest BCUT2D eigenvalue weighted by Crippen LogP contribution is 2.34. The molecule has 0 bridgehead atoms. The van der Waals surface area contributed by atoms with Crippen molar-refractivity contribution < 1.29 is 26.7 Å². The second kappa shape index (κ2) is 6.91. The third-order valence-corrected chi connectivity index (χ3v) is 5.36. The third-order valence-electron chi connectivity index (χ3n) is 3.79. The number of alkyl halides is 3. The lowest BCUT2D eigenvalue weighted by molar-refractivity contribution is -0.140. The van der Waals surface area contributed by atoms with Crippen LogP contribution in [-0.4, -0.2) is 41.1 Å². The van der Waals surface area contributed by atoms with E-state index in [1.807, 2.05) is 0 Å². The van der Waals surface area contributed by atoms with Crippen molar-refractivity contribution in [2.75, 3.05) is 6.61 Å². The average Bonchev–Trinajstić information content (AvgIpc) is 3.06. The van der Waals surface area contributed by atoms with Crippen molar-refractivity contribution in [3.63, 3.8) is 0 Å². The first-order valence-electron chi connectivity index (χ1n) is 7.76. The Hall–Kier alpha value is -2.50. The number of hydrogen-bond acceptors (Lipinski definition) is 5. The average molecular weight is 400 g/mol. The van der Waals surface area contributed by atoms with E-state index in [0.29, 0.717) is 11.3 Å². The van der Waals surface area contributed by atoms with Crippen molar-refractivity contribution in [3.05, 3.63) is 42.4 Å². The highest BCUT2D eigenvalue weighted by atomic mass is 32.2. The number of pyridine rings is 2. The van der Waals surface area contributed by atoms with Crippen molar-refractivity contribution >= 4 is 21.1 Å². The van der Waals surface area contributed by atoms with E-state index in [9.17, 15) is 21.6 Å². The molecular weight excluding hydrogens is 385 g/mol. The van der Waals surface area contributed by atoms with E-state index in [0.717, 1.165) is 12.3 Å². The van der Waals surface area contributed by atoms with Gasteiger partial charge in [-0.25, -0.2) is 18.1 Å². The Kier molecular flexibility index (Phi) is 4.93. The Labute approximate surface area is 152 Å². The number of sulfonamides is 1. The molecule has 0 aromatic carbocycles. The van der Waals surface area contributed by atoms with Crippen LogP contribution in [0.15, 0.2) is 41.6 Å². The molecule has 0 fully saturated rings. The van der Waals surface area contributed by atoms with Gasteiger partial charge in [0.25, 0.3) is 0 Å². The summed E-state index contributed by atoms with van der Waals surface area (Å²) in [4.78, 5) is 10.0. The molecule has 3 aromatic rings. The van der Waals surface area contributed by atoms with Gasteiger partial charge in [0.1, 0.15) is 16.2 Å². The molecule has 0 radical (unpaired) electrons. The summed E-state index contributed by atoms with van der Waals surface area (Å²) in [7, 11) is -3.87. The van der Waals surface area contributed by atoms with Crippen LogP contribution in [0.1, 0.15) is 12.6 Å². The van der Waals surface area contributed by atoms with Crippen LogP contribution in [0.4, 0.5) is 13.2 Å². The van der Waals surface area contributed by atoms with E-state index < -0.39 is 27.9 Å². The number of aromatic nitrogens is 3. The van der Waals surface area contributed by atoms with Gasteiger partial charge in [-0.3, -0.25) is 4.98 Å². The number of aliphatic hydroxyl groups excluding tert-OH is 1. The van der Waals surface area contributed by atoms with Crippen molar-refractivity contribution in [1.82, 2.24) is 19.7 Å². The summed E-state index contributed by atoms with van der Waals surface area (Å²) in [6.07, 6.45) is -2.10. The van der Waals surface area contributed by atoms with Gasteiger partial charge < -0.3 is 10.1 Å². The fourth-order valence-corrected chi connectivity index (χ4v) is 3.65. The number of aromatic amines is 1. The topological polar surface area (TPSA) is 108 Å². The van der Waals surface area contributed by atoms with E-state index in [4.69, 9.17) is 5.11 Å². The standard InChI is InChI=1S/C16H15F3N4O3S/c1-9(8-24)23-27(25,26)10-2-3-13(21-7-10)11-4-5-20-15-12(11)6-14(22-15)16(17,18)19/h2-7,9,23-24H,8H2,1H3,(H,20,22)/t9-/m1/s1. The SMILES string of the molecule is C[C@H](CO)NS(=O)(=O)c1ccc(-c2ccnc3[nH]c(C(F)(F)F)cc23)nc1. The quantitative estimate of drug-likeness (QED) is 0.609. The van der Waals surface area contributed by atoms with Crippen LogP contribution in [-0.2, 0) is 16.2 Å². The first kappa shape index (κ1) is 19.3. The molecule has 0 spiro atoms. The van der Waals surface area contributed by atoms with Gasteiger partial charge in [0.2, 0.25) is 10.0 Å². The summed E-state index contributed by atoms with van der Waals surface area (Å²) in [5, 5.41) is 9.19. The van der Waals surface area contributed by atoms with Gasteiger partial charge in [-0.05, 0) is 31.2 Å². The largest absolute Gasteiger partial charge is 0.431 e. The predicted molar refractivity (Wildman–Crippen MR) is 91.2 cm³/mol. The Morgan fingerprint density at radius 1 is 1.26 bits per heavy atom. The number of H-pyrrole nitrogens is 1. The molecule has 0 amide bonds. The molecule has 0 saturated carbocycles. The maximum Gasteiger partial charge on any atom is 0.431 e. The molecule has 3 aromatic heterocycles. The zero-order valence-corrected chi connectivity index (χ0v) is 14.8. The monoisotopic (exact) mass is 400 g/mol. The minimum Gasteiger partial charge on any atom is -0.395 e. The van der Waals surface area contributed by atoms with E-state index >= 15 is 0 Å². The molecule has 3 rings (SSSR count). The number of hydrogen-bond donors (Lipinski definition) is 3. The molecular formula is C16H15F3N4O3S. The predicted octanol–water partition coefficient (Wildman–Crippen LogP) is 2.30. The summed E-state index contributed by atoms with van der Waals surface area (Å²) < 4.78 is 65.4. The van der Waals surface area contributed by atoms with Gasteiger partial charge in [-0.1, -0.05) is 0 Å². The summed E-state index contributed by atoms with van der Waals surface area (Å²) in [5.74, 6) is 0. The molecule has 3 N–H and O–H groups in total. The Morgan fingerprint density at radius 3 is 2.59 bits per heavy atom. The zero-order valence-electron chi connectivity index (χ0n) is 13.9. The molecule has 1 atom stereocenters. The molecule has 0 aliphatic rings. The Morgan fingerprint density at radius 2 is 2.00 bits per heavy atom. The first-order valence-corrected chi connectivity index (χ1v) is 9.24. The third kappa shape index (κ3) is 3.94. The van der Waals surface area contributed by atoms with Gasteiger partial charge in [0.15, 0.2) is 0 Å². The molecule has 0 aliphatic carbocycles. The molecule has 144 valence electrons. The van der Waals surface area contributed by atoms with Gasteiger partial charge >= 0.3 is 6.18 Å². The van der Waals surface area contributed by atoms with Crippen LogP contribution < -0.4 is 4.72 Å². The number of fused-ring (bicyclic) bond motifs is 1. The number of nitrogens with zero attached hydrogens (tertiary/aromatic N) is 2. The lowest BCUT2D eigenvalue weighted by Gasteiger charge is -2.11. The molecule has 27 heavy (non-hydrogen) atoms. The van der Waals surface area contributed by atoms with E-state index in [1.165, 1.54) is 31.3 Å². The van der Waals surface area contributed by atoms with Crippen LogP contribution in [0.2, 0.25) is 0 Å². The molecule has 0 unspecified atom stereocenters. The molecule has 0 aliphatic heterocycles. The van der Waals surface area contributed by atoms with Crippen molar-refractivity contribution in [3.8, 4) is 11.3 Å². The fourth-order valence-electron chi connectivity index (χ4n) is 2.47. The summed E-state index contributed by atoms with van der Waals surface area (Å²) in [6, 6.07) is 4.45. The van der Waals surface area contributed by atoms with Gasteiger partial charge in [0.05, 0.1) is 12.3 Å². The Balaban J connectivity index is 2.00. The smallest absolute Gasteiger partial charge is 0.395 e. The fraction of sp³-hybridized carbons (Fsp3) is 0.250.